The van der Waals surface area contributed by atoms with Gasteiger partial charge in [-0.2, -0.15) is 5.10 Å². The summed E-state index contributed by atoms with van der Waals surface area (Å²) in [5.41, 5.74) is 0.645. The minimum atomic E-state index is -3.56. The first-order valence-corrected chi connectivity index (χ1v) is 7.75. The van der Waals surface area contributed by atoms with E-state index in [1.165, 1.54) is 6.20 Å². The largest absolute Gasteiger partial charge is 0.313 e. The van der Waals surface area contributed by atoms with Gasteiger partial charge in [-0.05, 0) is 27.6 Å². The normalized spacial score (nSPS) is 13.9. The van der Waals surface area contributed by atoms with E-state index >= 15 is 0 Å². The van der Waals surface area contributed by atoms with Gasteiger partial charge in [0, 0.05) is 24.7 Å². The molecule has 7 nitrogen and oxygen atoms in total. The van der Waals surface area contributed by atoms with E-state index in [1.807, 2.05) is 32.8 Å². The lowest BCUT2D eigenvalue weighted by Gasteiger charge is -2.18. The van der Waals surface area contributed by atoms with Crippen molar-refractivity contribution in [3.05, 3.63) is 11.8 Å². The second kappa shape index (κ2) is 6.99. The second-order valence-corrected chi connectivity index (χ2v) is 6.44. The number of sulfonamides is 1. The second-order valence-electron chi connectivity index (χ2n) is 4.79. The summed E-state index contributed by atoms with van der Waals surface area (Å²) in [6.07, 6.45) is 1.54. The predicted molar refractivity (Wildman–Crippen MR) is 74.3 cm³/mol. The Balaban J connectivity index is 2.79. The quantitative estimate of drug-likeness (QED) is 0.614. The van der Waals surface area contributed by atoms with E-state index in [2.05, 4.69) is 20.2 Å². The fourth-order valence-electron chi connectivity index (χ4n) is 1.83. The first kappa shape index (κ1) is 16.1. The molecule has 0 spiro atoms. The molecule has 3 N–H and O–H groups in total. The Bertz CT molecular complexity index is 483. The first-order chi connectivity index (χ1) is 8.86. The lowest BCUT2D eigenvalue weighted by Crippen LogP contribution is -2.40. The molecule has 0 aromatic carbocycles. The third kappa shape index (κ3) is 4.90. The average Bonchev–Trinajstić information content (AvgIpc) is 2.72. The number of rotatable bonds is 8. The Morgan fingerprint density at radius 3 is 2.74 bits per heavy atom. The molecule has 1 aromatic rings. The maximum atomic E-state index is 12.2. The maximum Gasteiger partial charge on any atom is 0.258 e. The number of aromatic amines is 1. The molecule has 1 atom stereocenters. The average molecular weight is 289 g/mol. The van der Waals surface area contributed by atoms with Crippen LogP contribution in [0.3, 0.4) is 0 Å². The molecule has 0 aliphatic carbocycles. The van der Waals surface area contributed by atoms with Gasteiger partial charge >= 0.3 is 0 Å². The number of hydrogen-bond acceptors (Lipinski definition) is 5. The van der Waals surface area contributed by atoms with Crippen molar-refractivity contribution in [3.63, 3.8) is 0 Å². The molecular formula is C11H23N5O2S. The molecule has 0 bridgehead atoms. The van der Waals surface area contributed by atoms with Gasteiger partial charge in [-0.1, -0.05) is 6.92 Å². The number of nitrogens with zero attached hydrogens (tertiary/aromatic N) is 2. The molecule has 19 heavy (non-hydrogen) atoms. The summed E-state index contributed by atoms with van der Waals surface area (Å²) in [4.78, 5) is 1.93. The zero-order valence-electron chi connectivity index (χ0n) is 11.9. The molecule has 0 amide bonds. The number of hydrogen-bond donors (Lipinski definition) is 3. The molecule has 1 rings (SSSR count). The van der Waals surface area contributed by atoms with Gasteiger partial charge in [0.1, 0.15) is 0 Å². The Labute approximate surface area is 114 Å². The van der Waals surface area contributed by atoms with Crippen molar-refractivity contribution in [1.29, 1.82) is 0 Å². The van der Waals surface area contributed by atoms with Crippen LogP contribution in [-0.2, 0) is 16.6 Å². The molecule has 0 saturated carbocycles. The highest BCUT2D eigenvalue weighted by Crippen LogP contribution is 2.12. The zero-order chi connectivity index (χ0) is 14.5. The van der Waals surface area contributed by atoms with Gasteiger partial charge in [0.2, 0.25) is 0 Å². The van der Waals surface area contributed by atoms with Crippen LogP contribution in [0.4, 0.5) is 0 Å². The minimum Gasteiger partial charge on any atom is -0.313 e. The van der Waals surface area contributed by atoms with Crippen LogP contribution in [0, 0.1) is 0 Å². The summed E-state index contributed by atoms with van der Waals surface area (Å²) in [6, 6.07) is -0.171. The summed E-state index contributed by atoms with van der Waals surface area (Å²) < 4.78 is 27.1. The SMILES string of the molecule is CCNCc1cn[nH]c1S(=O)(=O)NC(C)CN(C)C. The molecule has 0 fully saturated rings. The Kier molecular flexibility index (Phi) is 5.92. The molecule has 0 aliphatic heterocycles. The Hall–Kier alpha value is -0.960. The lowest BCUT2D eigenvalue weighted by molar-refractivity contribution is 0.370. The number of likely N-dealkylation sites (N-methyl/N-ethyl adjacent to an activating group) is 1. The highest BCUT2D eigenvalue weighted by molar-refractivity contribution is 7.89. The van der Waals surface area contributed by atoms with Crippen LogP contribution in [0.15, 0.2) is 11.2 Å². The Morgan fingerprint density at radius 2 is 2.16 bits per heavy atom. The van der Waals surface area contributed by atoms with Crippen LogP contribution < -0.4 is 10.0 Å². The molecule has 1 heterocycles. The van der Waals surface area contributed by atoms with Gasteiger partial charge < -0.3 is 10.2 Å². The van der Waals surface area contributed by atoms with Crippen LogP contribution in [0.5, 0.6) is 0 Å². The van der Waals surface area contributed by atoms with Crippen molar-refractivity contribution in [1.82, 2.24) is 25.1 Å². The molecule has 0 saturated heterocycles. The van der Waals surface area contributed by atoms with Gasteiger partial charge in [0.25, 0.3) is 10.0 Å². The summed E-state index contributed by atoms with van der Waals surface area (Å²) in [5.74, 6) is 0. The van der Waals surface area contributed by atoms with E-state index < -0.39 is 10.0 Å². The fourth-order valence-corrected chi connectivity index (χ4v) is 3.19. The molecule has 8 heteroatoms. The Morgan fingerprint density at radius 1 is 1.47 bits per heavy atom. The van der Waals surface area contributed by atoms with Gasteiger partial charge in [-0.15, -0.1) is 0 Å². The van der Waals surface area contributed by atoms with Gasteiger partial charge in [0.15, 0.2) is 5.03 Å². The minimum absolute atomic E-state index is 0.138. The molecule has 0 aliphatic rings. The molecule has 0 radical (unpaired) electrons. The van der Waals surface area contributed by atoms with Crippen molar-refractivity contribution in [2.45, 2.75) is 31.5 Å². The highest BCUT2D eigenvalue weighted by atomic mass is 32.2. The van der Waals surface area contributed by atoms with E-state index in [9.17, 15) is 8.42 Å². The number of aromatic nitrogens is 2. The van der Waals surface area contributed by atoms with Crippen molar-refractivity contribution < 1.29 is 8.42 Å². The molecule has 1 aromatic heterocycles. The predicted octanol–water partition coefficient (Wildman–Crippen LogP) is -0.252. The fraction of sp³-hybridized carbons (Fsp3) is 0.727. The standard InChI is InChI=1S/C11H23N5O2S/c1-5-12-6-10-7-13-14-11(10)19(17,18)15-9(2)8-16(3)4/h7,9,12,15H,5-6,8H2,1-4H3,(H,13,14). The van der Waals surface area contributed by atoms with Crippen LogP contribution >= 0.6 is 0 Å². The third-order valence-electron chi connectivity index (χ3n) is 2.51. The van der Waals surface area contributed by atoms with Crippen LogP contribution in [0.25, 0.3) is 0 Å². The monoisotopic (exact) mass is 289 g/mol. The van der Waals surface area contributed by atoms with E-state index in [-0.39, 0.29) is 11.1 Å². The van der Waals surface area contributed by atoms with E-state index in [0.29, 0.717) is 18.7 Å². The molecular weight excluding hydrogens is 266 g/mol. The third-order valence-corrected chi connectivity index (χ3v) is 4.11. The maximum absolute atomic E-state index is 12.2. The van der Waals surface area contributed by atoms with Crippen molar-refractivity contribution >= 4 is 10.0 Å². The molecule has 110 valence electrons. The van der Waals surface area contributed by atoms with Gasteiger partial charge in [-0.25, -0.2) is 13.1 Å². The number of H-pyrrole nitrogens is 1. The van der Waals surface area contributed by atoms with Crippen LogP contribution in [0.2, 0.25) is 0 Å². The zero-order valence-corrected chi connectivity index (χ0v) is 12.7. The van der Waals surface area contributed by atoms with E-state index in [0.717, 1.165) is 6.54 Å². The first-order valence-electron chi connectivity index (χ1n) is 6.26. The summed E-state index contributed by atoms with van der Waals surface area (Å²) >= 11 is 0. The van der Waals surface area contributed by atoms with Gasteiger partial charge in [0.05, 0.1) is 6.20 Å². The van der Waals surface area contributed by atoms with E-state index in [4.69, 9.17) is 0 Å². The van der Waals surface area contributed by atoms with Crippen LogP contribution in [0.1, 0.15) is 19.4 Å². The number of nitrogens with one attached hydrogen (secondary N) is 3. The van der Waals surface area contributed by atoms with Crippen molar-refractivity contribution in [3.8, 4) is 0 Å². The van der Waals surface area contributed by atoms with Crippen LogP contribution in [-0.4, -0.2) is 56.7 Å². The lowest BCUT2D eigenvalue weighted by atomic mass is 10.3. The van der Waals surface area contributed by atoms with Gasteiger partial charge in [-0.3, -0.25) is 5.10 Å². The summed E-state index contributed by atoms with van der Waals surface area (Å²) in [7, 11) is 0.243. The molecule has 1 unspecified atom stereocenters. The van der Waals surface area contributed by atoms with Crippen molar-refractivity contribution in [2.75, 3.05) is 27.2 Å². The van der Waals surface area contributed by atoms with E-state index in [1.54, 1.807) is 0 Å². The smallest absolute Gasteiger partial charge is 0.258 e. The summed E-state index contributed by atoms with van der Waals surface area (Å²) in [6.45, 7) is 5.68. The topological polar surface area (TPSA) is 90.1 Å². The van der Waals surface area contributed by atoms with Crippen molar-refractivity contribution in [2.24, 2.45) is 0 Å². The highest BCUT2D eigenvalue weighted by Gasteiger charge is 2.22. The summed E-state index contributed by atoms with van der Waals surface area (Å²) in [5, 5.41) is 9.60.